The fourth-order valence-electron chi connectivity index (χ4n) is 4.76. The number of hydrogen-bond donors (Lipinski definition) is 0. The molecular formula is C24H23NO2. The van der Waals surface area contributed by atoms with Gasteiger partial charge < -0.3 is 9.64 Å². The lowest BCUT2D eigenvalue weighted by molar-refractivity contribution is -0.133. The highest BCUT2D eigenvalue weighted by Crippen LogP contribution is 2.41. The lowest BCUT2D eigenvalue weighted by Crippen LogP contribution is -2.45. The Morgan fingerprint density at radius 3 is 2.63 bits per heavy atom. The Morgan fingerprint density at radius 2 is 1.81 bits per heavy atom. The molecule has 3 heteroatoms. The fourth-order valence-corrected chi connectivity index (χ4v) is 4.76. The van der Waals surface area contributed by atoms with E-state index in [1.807, 2.05) is 11.0 Å². The standard InChI is InChI=1S/C24H23NO2/c1-14-7-8-17-18(9-14)19-10-15(2)23(27-3)12-21(19)20-11-16-5-4-6-24(26)25(16)13-22(17)20/h4-5,7-10,12,16H,6,11,13H2,1-3H3/t16-/m1/s1. The number of amides is 1. The van der Waals surface area contributed by atoms with E-state index in [2.05, 4.69) is 50.3 Å². The maximum atomic E-state index is 12.5. The molecule has 0 unspecified atom stereocenters. The fraction of sp³-hybridized carbons (Fsp3) is 0.292. The smallest absolute Gasteiger partial charge is 0.227 e. The van der Waals surface area contributed by atoms with Gasteiger partial charge in [-0.15, -0.1) is 0 Å². The van der Waals surface area contributed by atoms with Crippen LogP contribution in [-0.4, -0.2) is 24.0 Å². The first-order chi connectivity index (χ1) is 13.1. The summed E-state index contributed by atoms with van der Waals surface area (Å²) in [5.41, 5.74) is 5.06. The summed E-state index contributed by atoms with van der Waals surface area (Å²) in [6.45, 7) is 4.93. The van der Waals surface area contributed by atoms with Crippen molar-refractivity contribution in [2.75, 3.05) is 7.11 Å². The topological polar surface area (TPSA) is 29.5 Å². The monoisotopic (exact) mass is 357 g/mol. The number of aryl methyl sites for hydroxylation is 2. The summed E-state index contributed by atoms with van der Waals surface area (Å²) in [6.07, 6.45) is 5.60. The Hall–Kier alpha value is -2.81. The summed E-state index contributed by atoms with van der Waals surface area (Å²) >= 11 is 0. The SMILES string of the molecule is COc1cc2c3c(c4ccc(C)cc4c2cc1C)CN1C(=O)CC=C[C@@H]1C3. The van der Waals surface area contributed by atoms with Gasteiger partial charge in [0.1, 0.15) is 5.75 Å². The maximum Gasteiger partial charge on any atom is 0.227 e. The molecule has 0 fully saturated rings. The maximum absolute atomic E-state index is 12.5. The van der Waals surface area contributed by atoms with Crippen molar-refractivity contribution in [3.63, 3.8) is 0 Å². The average molecular weight is 357 g/mol. The molecule has 27 heavy (non-hydrogen) atoms. The van der Waals surface area contributed by atoms with Gasteiger partial charge in [0, 0.05) is 13.0 Å². The van der Waals surface area contributed by atoms with Crippen LogP contribution in [0.4, 0.5) is 0 Å². The molecule has 0 saturated heterocycles. The molecule has 3 aromatic rings. The van der Waals surface area contributed by atoms with Gasteiger partial charge in [0.2, 0.25) is 5.91 Å². The van der Waals surface area contributed by atoms with Gasteiger partial charge in [-0.25, -0.2) is 0 Å². The minimum absolute atomic E-state index is 0.164. The van der Waals surface area contributed by atoms with E-state index < -0.39 is 0 Å². The molecule has 0 aromatic heterocycles. The summed E-state index contributed by atoms with van der Waals surface area (Å²) in [7, 11) is 1.73. The lowest BCUT2D eigenvalue weighted by atomic mass is 9.83. The third-order valence-electron chi connectivity index (χ3n) is 6.13. The van der Waals surface area contributed by atoms with E-state index in [1.165, 1.54) is 38.2 Å². The molecule has 5 rings (SSSR count). The normalized spacial score (nSPS) is 18.7. The van der Waals surface area contributed by atoms with Crippen molar-refractivity contribution < 1.29 is 9.53 Å². The number of benzene rings is 3. The van der Waals surface area contributed by atoms with Gasteiger partial charge in [0.15, 0.2) is 0 Å². The first kappa shape index (κ1) is 16.4. The average Bonchev–Trinajstić information content (AvgIpc) is 2.67. The number of nitrogens with zero attached hydrogens (tertiary/aromatic N) is 1. The third kappa shape index (κ3) is 2.38. The van der Waals surface area contributed by atoms with Crippen LogP contribution in [0.25, 0.3) is 21.5 Å². The van der Waals surface area contributed by atoms with E-state index in [0.717, 1.165) is 17.7 Å². The first-order valence-electron chi connectivity index (χ1n) is 9.55. The zero-order valence-electron chi connectivity index (χ0n) is 16.0. The third-order valence-corrected chi connectivity index (χ3v) is 6.13. The number of carbonyl (C=O) groups is 1. The van der Waals surface area contributed by atoms with E-state index in [9.17, 15) is 4.79 Å². The molecular weight excluding hydrogens is 334 g/mol. The number of hydrogen-bond acceptors (Lipinski definition) is 2. The largest absolute Gasteiger partial charge is 0.496 e. The summed E-state index contributed by atoms with van der Waals surface area (Å²) in [4.78, 5) is 14.5. The van der Waals surface area contributed by atoms with Crippen LogP contribution >= 0.6 is 0 Å². The molecule has 0 N–H and O–H groups in total. The zero-order valence-corrected chi connectivity index (χ0v) is 16.0. The second-order valence-electron chi connectivity index (χ2n) is 7.80. The van der Waals surface area contributed by atoms with Crippen molar-refractivity contribution in [3.05, 3.63) is 64.7 Å². The summed E-state index contributed by atoms with van der Waals surface area (Å²) in [6, 6.07) is 11.3. The Labute approximate surface area is 159 Å². The highest BCUT2D eigenvalue weighted by atomic mass is 16.5. The number of carbonyl (C=O) groups excluding carboxylic acids is 1. The molecule has 0 aliphatic carbocycles. The van der Waals surface area contributed by atoms with Crippen molar-refractivity contribution in [3.8, 4) is 5.75 Å². The van der Waals surface area contributed by atoms with Crippen molar-refractivity contribution in [2.24, 2.45) is 0 Å². The first-order valence-corrected chi connectivity index (χ1v) is 9.55. The highest BCUT2D eigenvalue weighted by molar-refractivity contribution is 6.12. The van der Waals surface area contributed by atoms with Gasteiger partial charge in [-0.3, -0.25) is 4.79 Å². The van der Waals surface area contributed by atoms with Crippen LogP contribution in [0.5, 0.6) is 5.75 Å². The predicted octanol–water partition coefficient (Wildman–Crippen LogP) is 4.83. The highest BCUT2D eigenvalue weighted by Gasteiger charge is 2.32. The van der Waals surface area contributed by atoms with E-state index in [4.69, 9.17) is 4.74 Å². The van der Waals surface area contributed by atoms with Crippen LogP contribution < -0.4 is 4.74 Å². The second-order valence-corrected chi connectivity index (χ2v) is 7.80. The van der Waals surface area contributed by atoms with Crippen molar-refractivity contribution in [2.45, 2.75) is 39.3 Å². The Bertz CT molecular complexity index is 1140. The van der Waals surface area contributed by atoms with Gasteiger partial charge in [0.25, 0.3) is 0 Å². The minimum atomic E-state index is 0.164. The molecule has 2 heterocycles. The molecule has 0 radical (unpaired) electrons. The minimum Gasteiger partial charge on any atom is -0.496 e. The Kier molecular flexibility index (Phi) is 3.55. The second kappa shape index (κ2) is 5.85. The molecule has 1 atom stereocenters. The van der Waals surface area contributed by atoms with Gasteiger partial charge in [-0.05, 0) is 70.6 Å². The Morgan fingerprint density at radius 1 is 1.00 bits per heavy atom. The van der Waals surface area contributed by atoms with Gasteiger partial charge >= 0.3 is 0 Å². The number of rotatable bonds is 1. The quantitative estimate of drug-likeness (QED) is 0.461. The zero-order chi connectivity index (χ0) is 18.7. The number of fused-ring (bicyclic) bond motifs is 7. The summed E-state index contributed by atoms with van der Waals surface area (Å²) in [5, 5.41) is 5.09. The van der Waals surface area contributed by atoms with E-state index >= 15 is 0 Å². The van der Waals surface area contributed by atoms with Crippen LogP contribution in [0.3, 0.4) is 0 Å². The number of ether oxygens (including phenoxy) is 1. The van der Waals surface area contributed by atoms with Crippen LogP contribution in [0, 0.1) is 13.8 Å². The van der Waals surface area contributed by atoms with E-state index in [0.29, 0.717) is 13.0 Å². The molecule has 2 aliphatic rings. The summed E-state index contributed by atoms with van der Waals surface area (Å²) < 4.78 is 5.63. The van der Waals surface area contributed by atoms with Crippen LogP contribution in [0.15, 0.2) is 42.5 Å². The van der Waals surface area contributed by atoms with Crippen LogP contribution in [0.2, 0.25) is 0 Å². The molecule has 2 aliphatic heterocycles. The van der Waals surface area contributed by atoms with Gasteiger partial charge in [-0.1, -0.05) is 35.9 Å². The predicted molar refractivity (Wildman–Crippen MR) is 109 cm³/mol. The van der Waals surface area contributed by atoms with Crippen molar-refractivity contribution >= 4 is 27.5 Å². The van der Waals surface area contributed by atoms with Gasteiger partial charge in [0.05, 0.1) is 13.2 Å². The van der Waals surface area contributed by atoms with Crippen molar-refractivity contribution in [1.82, 2.24) is 4.90 Å². The van der Waals surface area contributed by atoms with Gasteiger partial charge in [-0.2, -0.15) is 0 Å². The molecule has 0 saturated carbocycles. The van der Waals surface area contributed by atoms with Crippen LogP contribution in [0.1, 0.15) is 28.7 Å². The number of methoxy groups -OCH3 is 1. The molecule has 0 bridgehead atoms. The molecule has 136 valence electrons. The molecule has 3 aromatic carbocycles. The van der Waals surface area contributed by atoms with E-state index in [1.54, 1.807) is 7.11 Å². The molecule has 1 amide bonds. The van der Waals surface area contributed by atoms with E-state index in [-0.39, 0.29) is 11.9 Å². The Balaban J connectivity index is 1.88. The molecule has 3 nitrogen and oxygen atoms in total. The van der Waals surface area contributed by atoms with Crippen LogP contribution in [-0.2, 0) is 17.8 Å². The summed E-state index contributed by atoms with van der Waals surface area (Å²) in [5.74, 6) is 1.16. The lowest BCUT2D eigenvalue weighted by Gasteiger charge is -2.38. The van der Waals surface area contributed by atoms with Crippen molar-refractivity contribution in [1.29, 1.82) is 0 Å². The molecule has 0 spiro atoms.